The second-order valence-electron chi connectivity index (χ2n) is 6.01. The lowest BCUT2D eigenvalue weighted by molar-refractivity contribution is -0.128. The van der Waals surface area contributed by atoms with E-state index in [4.69, 9.17) is 18.9 Å². The summed E-state index contributed by atoms with van der Waals surface area (Å²) < 4.78 is 22.7. The Hall–Kier alpha value is -0.420. The molecule has 2 fully saturated rings. The molecule has 2 bridgehead atoms. The quantitative estimate of drug-likeness (QED) is 0.713. The molecule has 1 heterocycles. The molecular formula is C15H24O4. The van der Waals surface area contributed by atoms with Crippen molar-refractivity contribution in [2.75, 3.05) is 27.4 Å². The van der Waals surface area contributed by atoms with Crippen molar-refractivity contribution in [1.82, 2.24) is 0 Å². The lowest BCUT2D eigenvalue weighted by Gasteiger charge is -2.29. The van der Waals surface area contributed by atoms with Crippen LogP contribution < -0.4 is 0 Å². The van der Waals surface area contributed by atoms with Crippen molar-refractivity contribution in [2.24, 2.45) is 23.7 Å². The van der Waals surface area contributed by atoms with E-state index in [2.05, 4.69) is 19.1 Å². The van der Waals surface area contributed by atoms with Gasteiger partial charge in [-0.15, -0.1) is 0 Å². The normalized spacial score (nSPS) is 45.4. The number of hydrogen-bond acceptors (Lipinski definition) is 4. The minimum atomic E-state index is -0.102. The van der Waals surface area contributed by atoms with Gasteiger partial charge in [0, 0.05) is 20.1 Å². The third kappa shape index (κ3) is 2.35. The highest BCUT2D eigenvalue weighted by atomic mass is 16.7. The first-order valence-electron chi connectivity index (χ1n) is 7.21. The molecule has 0 aromatic carbocycles. The smallest absolute Gasteiger partial charge is 0.162 e. The molecule has 2 aliphatic carbocycles. The lowest BCUT2D eigenvalue weighted by Crippen LogP contribution is -2.31. The summed E-state index contributed by atoms with van der Waals surface area (Å²) >= 11 is 0. The molecule has 0 aromatic heterocycles. The molecule has 108 valence electrons. The van der Waals surface area contributed by atoms with Crippen molar-refractivity contribution in [3.63, 3.8) is 0 Å². The van der Waals surface area contributed by atoms with Gasteiger partial charge in [0.1, 0.15) is 12.2 Å². The average Bonchev–Trinajstić information content (AvgIpc) is 3.06. The molecule has 4 heteroatoms. The number of hydrogen-bond donors (Lipinski definition) is 0. The first-order valence-corrected chi connectivity index (χ1v) is 7.21. The van der Waals surface area contributed by atoms with E-state index >= 15 is 0 Å². The lowest BCUT2D eigenvalue weighted by atomic mass is 9.84. The fourth-order valence-corrected chi connectivity index (χ4v) is 3.91. The predicted molar refractivity (Wildman–Crippen MR) is 70.7 cm³/mol. The van der Waals surface area contributed by atoms with Gasteiger partial charge in [-0.1, -0.05) is 19.1 Å². The fourth-order valence-electron chi connectivity index (χ4n) is 3.91. The molecule has 1 saturated heterocycles. The van der Waals surface area contributed by atoms with Gasteiger partial charge in [0.25, 0.3) is 0 Å². The summed E-state index contributed by atoms with van der Waals surface area (Å²) in [6.45, 7) is 3.45. The molecule has 1 saturated carbocycles. The largest absolute Gasteiger partial charge is 0.382 e. The van der Waals surface area contributed by atoms with E-state index in [1.165, 1.54) is 6.42 Å². The summed E-state index contributed by atoms with van der Waals surface area (Å²) in [6.07, 6.45) is 5.85. The molecule has 0 aromatic rings. The molecule has 19 heavy (non-hydrogen) atoms. The van der Waals surface area contributed by atoms with E-state index in [0.29, 0.717) is 36.9 Å². The van der Waals surface area contributed by atoms with E-state index in [1.807, 2.05) is 0 Å². The summed E-state index contributed by atoms with van der Waals surface area (Å²) in [5.74, 6) is 2.46. The summed E-state index contributed by atoms with van der Waals surface area (Å²) in [4.78, 5) is 0. The Labute approximate surface area is 115 Å². The monoisotopic (exact) mass is 268 g/mol. The Morgan fingerprint density at radius 3 is 2.05 bits per heavy atom. The first-order chi connectivity index (χ1) is 9.24. The van der Waals surface area contributed by atoms with Crippen LogP contribution in [0.1, 0.15) is 13.3 Å². The van der Waals surface area contributed by atoms with Crippen molar-refractivity contribution in [1.29, 1.82) is 0 Å². The third-order valence-electron chi connectivity index (χ3n) is 4.94. The Balaban J connectivity index is 1.68. The Bertz CT molecular complexity index is 329. The molecule has 0 radical (unpaired) electrons. The van der Waals surface area contributed by atoms with Gasteiger partial charge in [-0.05, 0) is 24.2 Å². The van der Waals surface area contributed by atoms with Gasteiger partial charge >= 0.3 is 0 Å². The zero-order valence-electron chi connectivity index (χ0n) is 12.0. The number of ether oxygens (including phenoxy) is 4. The molecule has 0 N–H and O–H groups in total. The molecule has 0 amide bonds. The van der Waals surface area contributed by atoms with Crippen LogP contribution >= 0.6 is 0 Å². The van der Waals surface area contributed by atoms with Crippen molar-refractivity contribution in [2.45, 2.75) is 31.8 Å². The summed E-state index contributed by atoms with van der Waals surface area (Å²) in [5, 5.41) is 0. The van der Waals surface area contributed by atoms with Crippen LogP contribution in [-0.2, 0) is 18.9 Å². The van der Waals surface area contributed by atoms with Crippen LogP contribution in [0.5, 0.6) is 0 Å². The van der Waals surface area contributed by atoms with Gasteiger partial charge in [-0.25, -0.2) is 0 Å². The summed E-state index contributed by atoms with van der Waals surface area (Å²) in [6, 6.07) is 0. The summed E-state index contributed by atoms with van der Waals surface area (Å²) in [7, 11) is 3.40. The highest BCUT2D eigenvalue weighted by Gasteiger charge is 2.50. The van der Waals surface area contributed by atoms with Crippen LogP contribution in [0.3, 0.4) is 0 Å². The van der Waals surface area contributed by atoms with Crippen molar-refractivity contribution in [3.8, 4) is 0 Å². The fraction of sp³-hybridized carbons (Fsp3) is 0.867. The van der Waals surface area contributed by atoms with Gasteiger partial charge in [0.05, 0.1) is 13.2 Å². The Morgan fingerprint density at radius 1 is 1.00 bits per heavy atom. The number of rotatable bonds is 5. The Kier molecular flexibility index (Phi) is 3.94. The molecule has 1 aliphatic heterocycles. The van der Waals surface area contributed by atoms with Crippen LogP contribution in [0.25, 0.3) is 0 Å². The second-order valence-corrected chi connectivity index (χ2v) is 6.01. The molecule has 3 aliphatic rings. The number of methoxy groups -OCH3 is 2. The molecule has 6 atom stereocenters. The maximum absolute atomic E-state index is 6.11. The number of fused-ring (bicyclic) bond motifs is 2. The number of allylic oxidation sites excluding steroid dienone is 2. The molecular weight excluding hydrogens is 244 g/mol. The van der Waals surface area contributed by atoms with E-state index in [0.717, 1.165) is 0 Å². The summed E-state index contributed by atoms with van der Waals surface area (Å²) in [5.41, 5.74) is 0. The van der Waals surface area contributed by atoms with E-state index < -0.39 is 0 Å². The Morgan fingerprint density at radius 2 is 1.58 bits per heavy atom. The van der Waals surface area contributed by atoms with Crippen molar-refractivity contribution < 1.29 is 18.9 Å². The van der Waals surface area contributed by atoms with Gasteiger partial charge in [0.2, 0.25) is 0 Å². The van der Waals surface area contributed by atoms with Crippen molar-refractivity contribution in [3.05, 3.63) is 12.2 Å². The minimum absolute atomic E-state index is 0.00902. The van der Waals surface area contributed by atoms with Crippen LogP contribution in [0, 0.1) is 23.7 Å². The maximum atomic E-state index is 6.11. The van der Waals surface area contributed by atoms with Crippen LogP contribution in [-0.4, -0.2) is 45.9 Å². The maximum Gasteiger partial charge on any atom is 0.162 e. The van der Waals surface area contributed by atoms with E-state index in [9.17, 15) is 0 Å². The van der Waals surface area contributed by atoms with Crippen LogP contribution in [0.2, 0.25) is 0 Å². The predicted octanol–water partition coefficient (Wildman–Crippen LogP) is 1.85. The molecule has 4 unspecified atom stereocenters. The SMILES string of the molecule is COC[C@@H]1OC(C2C3C=CC(C3)C2C)O[C@H]1COC. The van der Waals surface area contributed by atoms with E-state index in [-0.39, 0.29) is 18.5 Å². The van der Waals surface area contributed by atoms with Gasteiger partial charge in [0.15, 0.2) is 6.29 Å². The highest BCUT2D eigenvalue weighted by Crippen LogP contribution is 2.51. The molecule has 4 nitrogen and oxygen atoms in total. The van der Waals surface area contributed by atoms with Gasteiger partial charge < -0.3 is 18.9 Å². The zero-order chi connectivity index (χ0) is 13.4. The van der Waals surface area contributed by atoms with Crippen LogP contribution in [0.4, 0.5) is 0 Å². The topological polar surface area (TPSA) is 36.9 Å². The van der Waals surface area contributed by atoms with E-state index in [1.54, 1.807) is 14.2 Å². The standard InChI is InChI=1S/C15H24O4/c1-9-10-4-5-11(6-10)14(9)15-18-12(7-16-2)13(19-15)8-17-3/h4-5,9-15H,6-8H2,1-3H3/t9?,10?,11?,12-,13-,14?/m0/s1. The minimum Gasteiger partial charge on any atom is -0.382 e. The third-order valence-corrected chi connectivity index (χ3v) is 4.94. The molecule has 0 spiro atoms. The zero-order valence-corrected chi connectivity index (χ0v) is 12.0. The molecule has 3 rings (SSSR count). The van der Waals surface area contributed by atoms with Gasteiger partial charge in [-0.3, -0.25) is 0 Å². The van der Waals surface area contributed by atoms with Crippen LogP contribution in [0.15, 0.2) is 12.2 Å². The van der Waals surface area contributed by atoms with Crippen molar-refractivity contribution >= 4 is 0 Å². The average molecular weight is 268 g/mol. The second kappa shape index (κ2) is 5.52. The van der Waals surface area contributed by atoms with Gasteiger partial charge in [-0.2, -0.15) is 0 Å². The first kappa shape index (κ1) is 13.6. The highest BCUT2D eigenvalue weighted by molar-refractivity contribution is 5.13.